The Bertz CT molecular complexity index is 525. The molecule has 2 rings (SSSR count). The number of piperidine rings is 1. The van der Waals surface area contributed by atoms with Crippen LogP contribution in [0.25, 0.3) is 0 Å². The van der Waals surface area contributed by atoms with Crippen molar-refractivity contribution in [3.05, 3.63) is 29.8 Å². The average molecular weight is 312 g/mol. The molecule has 1 aromatic rings. The Balaban J connectivity index is 1.73. The summed E-state index contributed by atoms with van der Waals surface area (Å²) in [7, 11) is 0. The van der Waals surface area contributed by atoms with E-state index in [1.165, 1.54) is 6.07 Å². The summed E-state index contributed by atoms with van der Waals surface area (Å²) in [6.45, 7) is 2.91. The highest BCUT2D eigenvalue weighted by molar-refractivity contribution is 5.76. The van der Waals surface area contributed by atoms with E-state index >= 15 is 0 Å². The predicted molar refractivity (Wildman–Crippen MR) is 79.5 cm³/mol. The highest BCUT2D eigenvalue weighted by Gasteiger charge is 2.26. The molecule has 2 atom stereocenters. The first-order chi connectivity index (χ1) is 10.5. The number of nitrogens with two attached hydrogens (primary N) is 1. The Kier molecular flexibility index (Phi) is 5.71. The summed E-state index contributed by atoms with van der Waals surface area (Å²) in [5.41, 5.74) is 5.88. The molecule has 22 heavy (non-hydrogen) atoms. The first kappa shape index (κ1) is 16.7. The normalized spacial score (nSPS) is 21.7. The van der Waals surface area contributed by atoms with Crippen LogP contribution in [0.4, 0.5) is 8.78 Å². The lowest BCUT2D eigenvalue weighted by atomic mass is 9.98. The third-order valence-corrected chi connectivity index (χ3v) is 3.92. The molecule has 1 heterocycles. The molecule has 0 aromatic heterocycles. The van der Waals surface area contributed by atoms with E-state index in [4.69, 9.17) is 10.5 Å². The van der Waals surface area contributed by atoms with Gasteiger partial charge in [0.1, 0.15) is 5.82 Å². The van der Waals surface area contributed by atoms with Gasteiger partial charge in [0.15, 0.2) is 11.6 Å². The predicted octanol–water partition coefficient (Wildman–Crippen LogP) is 2.46. The van der Waals surface area contributed by atoms with E-state index < -0.39 is 11.6 Å². The van der Waals surface area contributed by atoms with Crippen LogP contribution in [0, 0.1) is 11.6 Å². The van der Waals surface area contributed by atoms with E-state index in [2.05, 4.69) is 0 Å². The maximum atomic E-state index is 13.4. The molecular formula is C16H22F2N2O2. The topological polar surface area (TPSA) is 55.6 Å². The molecule has 122 valence electrons. The van der Waals surface area contributed by atoms with Crippen molar-refractivity contribution in [1.82, 2.24) is 4.90 Å². The average Bonchev–Trinajstić information content (AvgIpc) is 2.45. The Morgan fingerprint density at radius 3 is 2.91 bits per heavy atom. The van der Waals surface area contributed by atoms with Crippen LogP contribution in [-0.4, -0.2) is 36.0 Å². The largest absolute Gasteiger partial charge is 0.491 e. The van der Waals surface area contributed by atoms with Crippen molar-refractivity contribution in [2.45, 2.75) is 44.7 Å². The van der Waals surface area contributed by atoms with Gasteiger partial charge in [0, 0.05) is 31.1 Å². The smallest absolute Gasteiger partial charge is 0.222 e. The zero-order valence-corrected chi connectivity index (χ0v) is 12.7. The van der Waals surface area contributed by atoms with E-state index in [-0.39, 0.29) is 30.3 Å². The molecule has 1 amide bonds. The molecule has 0 aliphatic carbocycles. The standard InChI is InChI=1S/C16H22F2N2O2/c1-11-9-13(19)6-7-20(11)16(21)3-2-8-22-15-5-4-12(17)10-14(15)18/h4-5,10-11,13H,2-3,6-9,19H2,1H3. The molecule has 6 heteroatoms. The lowest BCUT2D eigenvalue weighted by Crippen LogP contribution is -2.48. The van der Waals surface area contributed by atoms with Crippen molar-refractivity contribution in [2.75, 3.05) is 13.2 Å². The second-order valence-corrected chi connectivity index (χ2v) is 5.75. The fraction of sp³-hybridized carbons (Fsp3) is 0.562. The number of benzene rings is 1. The van der Waals surface area contributed by atoms with Crippen molar-refractivity contribution in [3.8, 4) is 5.75 Å². The third kappa shape index (κ3) is 4.40. The van der Waals surface area contributed by atoms with Crippen molar-refractivity contribution in [1.29, 1.82) is 0 Å². The van der Waals surface area contributed by atoms with Crippen LogP contribution in [-0.2, 0) is 4.79 Å². The van der Waals surface area contributed by atoms with Gasteiger partial charge in [0.2, 0.25) is 5.91 Å². The van der Waals surface area contributed by atoms with Gasteiger partial charge in [0.25, 0.3) is 0 Å². The monoisotopic (exact) mass is 312 g/mol. The summed E-state index contributed by atoms with van der Waals surface area (Å²) in [5.74, 6) is -1.30. The fourth-order valence-corrected chi connectivity index (χ4v) is 2.72. The van der Waals surface area contributed by atoms with Gasteiger partial charge in [-0.05, 0) is 38.3 Å². The number of hydrogen-bond donors (Lipinski definition) is 1. The zero-order chi connectivity index (χ0) is 16.1. The summed E-state index contributed by atoms with van der Waals surface area (Å²) >= 11 is 0. The molecule has 0 bridgehead atoms. The lowest BCUT2D eigenvalue weighted by Gasteiger charge is -2.36. The molecule has 1 saturated heterocycles. The summed E-state index contributed by atoms with van der Waals surface area (Å²) in [6, 6.07) is 3.50. The van der Waals surface area contributed by atoms with E-state index in [1.807, 2.05) is 11.8 Å². The van der Waals surface area contributed by atoms with Crippen molar-refractivity contribution < 1.29 is 18.3 Å². The van der Waals surface area contributed by atoms with Gasteiger partial charge in [0.05, 0.1) is 6.61 Å². The summed E-state index contributed by atoms with van der Waals surface area (Å²) < 4.78 is 31.4. The molecule has 1 aliphatic rings. The number of likely N-dealkylation sites (tertiary alicyclic amines) is 1. The zero-order valence-electron chi connectivity index (χ0n) is 12.7. The van der Waals surface area contributed by atoms with Gasteiger partial charge in [-0.2, -0.15) is 0 Å². The van der Waals surface area contributed by atoms with Gasteiger partial charge in [-0.1, -0.05) is 0 Å². The number of nitrogens with zero attached hydrogens (tertiary/aromatic N) is 1. The van der Waals surface area contributed by atoms with Crippen molar-refractivity contribution in [2.24, 2.45) is 5.73 Å². The maximum Gasteiger partial charge on any atom is 0.222 e. The van der Waals surface area contributed by atoms with Gasteiger partial charge < -0.3 is 15.4 Å². The van der Waals surface area contributed by atoms with E-state index in [9.17, 15) is 13.6 Å². The molecule has 0 spiro atoms. The molecule has 0 saturated carbocycles. The van der Waals surface area contributed by atoms with Gasteiger partial charge in [-0.3, -0.25) is 4.79 Å². The molecule has 1 aromatic carbocycles. The lowest BCUT2D eigenvalue weighted by molar-refractivity contribution is -0.134. The molecule has 1 fully saturated rings. The van der Waals surface area contributed by atoms with Crippen LogP contribution in [0.1, 0.15) is 32.6 Å². The highest BCUT2D eigenvalue weighted by Crippen LogP contribution is 2.19. The minimum atomic E-state index is -0.732. The van der Waals surface area contributed by atoms with Crippen molar-refractivity contribution >= 4 is 5.91 Å². The maximum absolute atomic E-state index is 13.4. The number of amides is 1. The number of rotatable bonds is 5. The van der Waals surface area contributed by atoms with Crippen LogP contribution in [0.5, 0.6) is 5.75 Å². The molecule has 2 N–H and O–H groups in total. The molecule has 2 unspecified atom stereocenters. The van der Waals surface area contributed by atoms with Gasteiger partial charge >= 0.3 is 0 Å². The summed E-state index contributed by atoms with van der Waals surface area (Å²) in [5, 5.41) is 0. The minimum absolute atomic E-state index is 0.00571. The first-order valence-corrected chi connectivity index (χ1v) is 7.60. The number of halogens is 2. The van der Waals surface area contributed by atoms with Crippen molar-refractivity contribution in [3.63, 3.8) is 0 Å². The Morgan fingerprint density at radius 2 is 2.23 bits per heavy atom. The van der Waals surface area contributed by atoms with Crippen LogP contribution >= 0.6 is 0 Å². The first-order valence-electron chi connectivity index (χ1n) is 7.60. The molecule has 1 aliphatic heterocycles. The van der Waals surface area contributed by atoms with Crippen LogP contribution in [0.15, 0.2) is 18.2 Å². The minimum Gasteiger partial charge on any atom is -0.491 e. The summed E-state index contributed by atoms with van der Waals surface area (Å²) in [4.78, 5) is 14.0. The van der Waals surface area contributed by atoms with Crippen LogP contribution in [0.3, 0.4) is 0 Å². The van der Waals surface area contributed by atoms with Gasteiger partial charge in [-0.25, -0.2) is 8.78 Å². The SMILES string of the molecule is CC1CC(N)CCN1C(=O)CCCOc1ccc(F)cc1F. The number of hydrogen-bond acceptors (Lipinski definition) is 3. The summed E-state index contributed by atoms with van der Waals surface area (Å²) in [6.07, 6.45) is 2.49. The Hall–Kier alpha value is -1.69. The molecular weight excluding hydrogens is 290 g/mol. The van der Waals surface area contributed by atoms with Gasteiger partial charge in [-0.15, -0.1) is 0 Å². The van der Waals surface area contributed by atoms with Crippen LogP contribution in [0.2, 0.25) is 0 Å². The van der Waals surface area contributed by atoms with E-state index in [1.54, 1.807) is 0 Å². The molecule has 4 nitrogen and oxygen atoms in total. The van der Waals surface area contributed by atoms with Crippen LogP contribution < -0.4 is 10.5 Å². The Labute approximate surface area is 129 Å². The van der Waals surface area contributed by atoms with E-state index in [0.29, 0.717) is 19.4 Å². The third-order valence-electron chi connectivity index (χ3n) is 3.92. The van der Waals surface area contributed by atoms with E-state index in [0.717, 1.165) is 25.0 Å². The highest BCUT2D eigenvalue weighted by atomic mass is 19.1. The Morgan fingerprint density at radius 1 is 1.45 bits per heavy atom. The second kappa shape index (κ2) is 7.54. The number of carbonyl (C=O) groups is 1. The number of carbonyl (C=O) groups excluding carboxylic acids is 1. The second-order valence-electron chi connectivity index (χ2n) is 5.75. The molecule has 0 radical (unpaired) electrons. The number of ether oxygens (including phenoxy) is 1. The fourth-order valence-electron chi connectivity index (χ4n) is 2.72. The quantitative estimate of drug-likeness (QED) is 0.850.